The Hall–Kier alpha value is -1.59. The minimum atomic E-state index is 0.0325. The van der Waals surface area contributed by atoms with Crippen LogP contribution in [0.2, 0.25) is 0 Å². The predicted molar refractivity (Wildman–Crippen MR) is 90.5 cm³/mol. The molecule has 1 saturated heterocycles. The van der Waals surface area contributed by atoms with Gasteiger partial charge in [-0.25, -0.2) is 0 Å². The smallest absolute Gasteiger partial charge is 0.234 e. The molecule has 0 saturated carbocycles. The first kappa shape index (κ1) is 17.8. The highest BCUT2D eigenvalue weighted by molar-refractivity contribution is 5.77. The van der Waals surface area contributed by atoms with Crippen molar-refractivity contribution in [1.29, 1.82) is 0 Å². The molecule has 1 amide bonds. The molecule has 23 heavy (non-hydrogen) atoms. The Bertz CT molecular complexity index is 487. The number of carbonyl (C=O) groups is 1. The molecule has 1 atom stereocenters. The van der Waals surface area contributed by atoms with Crippen molar-refractivity contribution in [3.8, 4) is 5.75 Å². The van der Waals surface area contributed by atoms with Gasteiger partial charge in [-0.15, -0.1) is 0 Å². The van der Waals surface area contributed by atoms with Crippen molar-refractivity contribution in [2.24, 2.45) is 0 Å². The molecule has 1 fully saturated rings. The van der Waals surface area contributed by atoms with E-state index in [9.17, 15) is 4.79 Å². The number of hydrogen-bond donors (Lipinski definition) is 1. The van der Waals surface area contributed by atoms with Crippen LogP contribution in [0.3, 0.4) is 0 Å². The molecule has 0 bridgehead atoms. The number of nitrogens with one attached hydrogen (secondary N) is 1. The number of amides is 1. The van der Waals surface area contributed by atoms with Gasteiger partial charge in [0.15, 0.2) is 0 Å². The van der Waals surface area contributed by atoms with E-state index in [0.717, 1.165) is 37.3 Å². The minimum absolute atomic E-state index is 0.0325. The Morgan fingerprint density at radius 1 is 1.43 bits per heavy atom. The molecule has 1 heterocycles. The lowest BCUT2D eigenvalue weighted by molar-refractivity contribution is -0.122. The standard InChI is InChI=1S/C18H28N2O3/c1-3-22-16-9-6-7-15(11-16)12-19-18(21)14-20(2)13-17-8-4-5-10-23-17/h6-7,9,11,17H,3-5,8,10,12-14H2,1-2H3,(H,19,21). The first-order valence-electron chi connectivity index (χ1n) is 8.46. The maximum atomic E-state index is 12.1. The number of hydrogen-bond acceptors (Lipinski definition) is 4. The molecule has 0 aromatic heterocycles. The zero-order valence-corrected chi connectivity index (χ0v) is 14.2. The molecule has 1 aliphatic rings. The Balaban J connectivity index is 1.70. The second-order valence-corrected chi connectivity index (χ2v) is 6.04. The number of benzene rings is 1. The fourth-order valence-electron chi connectivity index (χ4n) is 2.78. The maximum Gasteiger partial charge on any atom is 0.234 e. The van der Waals surface area contributed by atoms with Gasteiger partial charge in [0.05, 0.1) is 19.3 Å². The van der Waals surface area contributed by atoms with Gasteiger partial charge in [-0.05, 0) is 50.9 Å². The molecular formula is C18H28N2O3. The quantitative estimate of drug-likeness (QED) is 0.798. The van der Waals surface area contributed by atoms with Gasteiger partial charge in [0, 0.05) is 19.7 Å². The van der Waals surface area contributed by atoms with E-state index in [-0.39, 0.29) is 12.0 Å². The third kappa shape index (κ3) is 6.59. The fraction of sp³-hybridized carbons (Fsp3) is 0.611. The van der Waals surface area contributed by atoms with Crippen LogP contribution in [0.5, 0.6) is 5.75 Å². The van der Waals surface area contributed by atoms with Gasteiger partial charge in [-0.1, -0.05) is 12.1 Å². The highest BCUT2D eigenvalue weighted by Gasteiger charge is 2.17. The largest absolute Gasteiger partial charge is 0.494 e. The van der Waals surface area contributed by atoms with Gasteiger partial charge >= 0.3 is 0 Å². The summed E-state index contributed by atoms with van der Waals surface area (Å²) in [6, 6.07) is 7.82. The van der Waals surface area contributed by atoms with Gasteiger partial charge in [0.25, 0.3) is 0 Å². The SMILES string of the molecule is CCOc1cccc(CNC(=O)CN(C)CC2CCCCO2)c1. The summed E-state index contributed by atoms with van der Waals surface area (Å²) in [5, 5.41) is 2.96. The molecule has 1 N–H and O–H groups in total. The van der Waals surface area contributed by atoms with Crippen molar-refractivity contribution in [2.75, 3.05) is 33.4 Å². The van der Waals surface area contributed by atoms with E-state index >= 15 is 0 Å². The van der Waals surface area contributed by atoms with Gasteiger partial charge in [0.1, 0.15) is 5.75 Å². The summed E-state index contributed by atoms with van der Waals surface area (Å²) in [4.78, 5) is 14.1. The molecule has 5 heteroatoms. The van der Waals surface area contributed by atoms with Crippen LogP contribution >= 0.6 is 0 Å². The van der Waals surface area contributed by atoms with Crippen molar-refractivity contribution in [3.63, 3.8) is 0 Å². The van der Waals surface area contributed by atoms with Crippen molar-refractivity contribution in [2.45, 2.75) is 38.8 Å². The summed E-state index contributed by atoms with van der Waals surface area (Å²) >= 11 is 0. The lowest BCUT2D eigenvalue weighted by Crippen LogP contribution is -2.40. The molecule has 128 valence electrons. The minimum Gasteiger partial charge on any atom is -0.494 e. The zero-order chi connectivity index (χ0) is 16.5. The molecule has 0 spiro atoms. The van der Waals surface area contributed by atoms with Crippen molar-refractivity contribution in [3.05, 3.63) is 29.8 Å². The normalized spacial score (nSPS) is 18.0. The summed E-state index contributed by atoms with van der Waals surface area (Å²) in [6.07, 6.45) is 3.74. The van der Waals surface area contributed by atoms with E-state index in [1.807, 2.05) is 43.1 Å². The summed E-state index contributed by atoms with van der Waals surface area (Å²) in [5.41, 5.74) is 1.04. The van der Waals surface area contributed by atoms with Gasteiger partial charge in [-0.2, -0.15) is 0 Å². The summed E-state index contributed by atoms with van der Waals surface area (Å²) in [7, 11) is 1.97. The Morgan fingerprint density at radius 2 is 2.30 bits per heavy atom. The van der Waals surface area contributed by atoms with Gasteiger partial charge in [0.2, 0.25) is 5.91 Å². The van der Waals surface area contributed by atoms with Gasteiger partial charge in [-0.3, -0.25) is 9.69 Å². The Labute approximate surface area is 139 Å². The number of ether oxygens (including phenoxy) is 2. The average molecular weight is 320 g/mol. The zero-order valence-electron chi connectivity index (χ0n) is 14.2. The van der Waals surface area contributed by atoms with E-state index in [0.29, 0.717) is 19.7 Å². The van der Waals surface area contributed by atoms with Gasteiger partial charge < -0.3 is 14.8 Å². The topological polar surface area (TPSA) is 50.8 Å². The van der Waals surface area contributed by atoms with Crippen LogP contribution in [-0.4, -0.2) is 50.3 Å². The molecule has 1 unspecified atom stereocenters. The Morgan fingerprint density at radius 3 is 3.04 bits per heavy atom. The average Bonchev–Trinajstić information content (AvgIpc) is 2.54. The molecule has 1 aromatic rings. The fourth-order valence-corrected chi connectivity index (χ4v) is 2.78. The highest BCUT2D eigenvalue weighted by atomic mass is 16.5. The van der Waals surface area contributed by atoms with Crippen LogP contribution in [0.1, 0.15) is 31.7 Å². The number of likely N-dealkylation sites (N-methyl/N-ethyl adjacent to an activating group) is 1. The van der Waals surface area contributed by atoms with E-state index in [4.69, 9.17) is 9.47 Å². The van der Waals surface area contributed by atoms with Crippen LogP contribution in [0.15, 0.2) is 24.3 Å². The second-order valence-electron chi connectivity index (χ2n) is 6.04. The third-order valence-corrected chi connectivity index (χ3v) is 3.90. The van der Waals surface area contributed by atoms with E-state index < -0.39 is 0 Å². The molecule has 5 nitrogen and oxygen atoms in total. The van der Waals surface area contributed by atoms with Crippen LogP contribution < -0.4 is 10.1 Å². The number of nitrogens with zero attached hydrogens (tertiary/aromatic N) is 1. The van der Waals surface area contributed by atoms with Crippen LogP contribution in [0, 0.1) is 0 Å². The molecule has 0 aliphatic carbocycles. The van der Waals surface area contributed by atoms with Crippen molar-refractivity contribution < 1.29 is 14.3 Å². The second kappa shape index (κ2) is 9.53. The van der Waals surface area contributed by atoms with Crippen molar-refractivity contribution >= 4 is 5.91 Å². The van der Waals surface area contributed by atoms with Crippen LogP contribution in [0.25, 0.3) is 0 Å². The summed E-state index contributed by atoms with van der Waals surface area (Å²) in [5.74, 6) is 0.871. The van der Waals surface area contributed by atoms with E-state index in [1.54, 1.807) is 0 Å². The predicted octanol–water partition coefficient (Wildman–Crippen LogP) is 2.20. The summed E-state index contributed by atoms with van der Waals surface area (Å²) < 4.78 is 11.2. The molecule has 0 radical (unpaired) electrons. The highest BCUT2D eigenvalue weighted by Crippen LogP contribution is 2.14. The van der Waals surface area contributed by atoms with Crippen LogP contribution in [0.4, 0.5) is 0 Å². The van der Waals surface area contributed by atoms with Crippen LogP contribution in [-0.2, 0) is 16.1 Å². The molecule has 1 aliphatic heterocycles. The number of rotatable bonds is 8. The van der Waals surface area contributed by atoms with Crippen molar-refractivity contribution in [1.82, 2.24) is 10.2 Å². The number of carbonyl (C=O) groups excluding carboxylic acids is 1. The molecule has 1 aromatic carbocycles. The monoisotopic (exact) mass is 320 g/mol. The van der Waals surface area contributed by atoms with E-state index in [2.05, 4.69) is 5.32 Å². The molecular weight excluding hydrogens is 292 g/mol. The third-order valence-electron chi connectivity index (χ3n) is 3.90. The molecule has 2 rings (SSSR count). The van der Waals surface area contributed by atoms with E-state index in [1.165, 1.54) is 6.42 Å². The lowest BCUT2D eigenvalue weighted by Gasteiger charge is -2.27. The first-order valence-corrected chi connectivity index (χ1v) is 8.46. The summed E-state index contributed by atoms with van der Waals surface area (Å²) in [6.45, 7) is 5.18. The maximum absolute atomic E-state index is 12.1. The lowest BCUT2D eigenvalue weighted by atomic mass is 10.1. The first-order chi connectivity index (χ1) is 11.2. The Kier molecular flexibility index (Phi) is 7.36.